The zero-order chi connectivity index (χ0) is 18.7. The molecular formula is C23H32O3. The van der Waals surface area contributed by atoms with E-state index in [1.54, 1.807) is 14.2 Å². The van der Waals surface area contributed by atoms with E-state index in [2.05, 4.69) is 39.8 Å². The highest BCUT2D eigenvalue weighted by Crippen LogP contribution is 2.64. The quantitative estimate of drug-likeness (QED) is 0.664. The minimum Gasteiger partial charge on any atom is -0.493 e. The molecule has 0 aromatic heterocycles. The van der Waals surface area contributed by atoms with Gasteiger partial charge in [-0.2, -0.15) is 0 Å². The Morgan fingerprint density at radius 3 is 2.35 bits per heavy atom. The molecule has 4 rings (SSSR count). The first-order chi connectivity index (χ1) is 12.2. The van der Waals surface area contributed by atoms with Gasteiger partial charge in [0.25, 0.3) is 0 Å². The number of rotatable bonds is 2. The third kappa shape index (κ3) is 2.39. The van der Waals surface area contributed by atoms with Gasteiger partial charge in [0.15, 0.2) is 11.5 Å². The predicted octanol–water partition coefficient (Wildman–Crippen LogP) is 5.86. The molecule has 0 N–H and O–H groups in total. The first kappa shape index (κ1) is 17.8. The van der Waals surface area contributed by atoms with Crippen molar-refractivity contribution >= 4 is 6.08 Å². The van der Waals surface area contributed by atoms with Crippen LogP contribution < -0.4 is 14.2 Å². The maximum Gasteiger partial charge on any atom is 0.164 e. The van der Waals surface area contributed by atoms with Crippen molar-refractivity contribution in [1.82, 2.24) is 0 Å². The molecular weight excluding hydrogens is 324 g/mol. The van der Waals surface area contributed by atoms with E-state index in [-0.39, 0.29) is 11.0 Å². The molecule has 1 aromatic carbocycles. The topological polar surface area (TPSA) is 27.7 Å². The molecule has 0 bridgehead atoms. The van der Waals surface area contributed by atoms with Gasteiger partial charge in [0.05, 0.1) is 14.2 Å². The minimum absolute atomic E-state index is 0.208. The van der Waals surface area contributed by atoms with Crippen LogP contribution >= 0.6 is 0 Å². The molecule has 3 aliphatic rings. The SMILES string of the molecule is COc1cc2c(cc1OC)O[C@@]1(C)CC[C@H]3C(C)(C)CCC[C@]3(C)C1=C2. The Bertz CT molecular complexity index is 763. The smallest absolute Gasteiger partial charge is 0.164 e. The summed E-state index contributed by atoms with van der Waals surface area (Å²) in [6.07, 6.45) is 8.60. The Morgan fingerprint density at radius 1 is 0.962 bits per heavy atom. The Balaban J connectivity index is 1.86. The Kier molecular flexibility index (Phi) is 3.88. The normalized spacial score (nSPS) is 34.5. The maximum atomic E-state index is 6.64. The molecule has 2 fully saturated rings. The fraction of sp³-hybridized carbons (Fsp3) is 0.652. The van der Waals surface area contributed by atoms with Crippen LogP contribution in [-0.4, -0.2) is 19.8 Å². The van der Waals surface area contributed by atoms with Gasteiger partial charge in [0, 0.05) is 11.6 Å². The van der Waals surface area contributed by atoms with Crippen molar-refractivity contribution in [2.75, 3.05) is 14.2 Å². The van der Waals surface area contributed by atoms with Crippen molar-refractivity contribution < 1.29 is 14.2 Å². The highest BCUT2D eigenvalue weighted by molar-refractivity contribution is 5.70. The molecule has 1 heterocycles. The Hall–Kier alpha value is -1.64. The summed E-state index contributed by atoms with van der Waals surface area (Å²) in [4.78, 5) is 0. The first-order valence-electron chi connectivity index (χ1n) is 9.91. The van der Waals surface area contributed by atoms with Crippen LogP contribution in [0.3, 0.4) is 0 Å². The van der Waals surface area contributed by atoms with E-state index in [0.29, 0.717) is 11.3 Å². The van der Waals surface area contributed by atoms with Crippen LogP contribution in [0, 0.1) is 16.7 Å². The molecule has 1 aromatic rings. The fourth-order valence-corrected chi connectivity index (χ4v) is 6.21. The second kappa shape index (κ2) is 5.68. The van der Waals surface area contributed by atoms with Crippen LogP contribution in [0.2, 0.25) is 0 Å². The summed E-state index contributed by atoms with van der Waals surface area (Å²) in [6.45, 7) is 9.69. The monoisotopic (exact) mass is 356 g/mol. The number of hydrogen-bond donors (Lipinski definition) is 0. The van der Waals surface area contributed by atoms with E-state index >= 15 is 0 Å². The van der Waals surface area contributed by atoms with Crippen molar-refractivity contribution in [2.24, 2.45) is 16.7 Å². The van der Waals surface area contributed by atoms with Crippen molar-refractivity contribution in [3.63, 3.8) is 0 Å². The molecule has 0 spiro atoms. The molecule has 3 atom stereocenters. The molecule has 0 amide bonds. The lowest BCUT2D eigenvalue weighted by Crippen LogP contribution is -2.55. The summed E-state index contributed by atoms with van der Waals surface area (Å²) < 4.78 is 17.6. The molecule has 3 heteroatoms. The molecule has 0 unspecified atom stereocenters. The zero-order valence-corrected chi connectivity index (χ0v) is 17.1. The Morgan fingerprint density at radius 2 is 1.65 bits per heavy atom. The second-order valence-corrected chi connectivity index (χ2v) is 9.49. The molecule has 2 aliphatic carbocycles. The van der Waals surface area contributed by atoms with Crippen molar-refractivity contribution in [2.45, 2.75) is 65.4 Å². The van der Waals surface area contributed by atoms with Gasteiger partial charge < -0.3 is 14.2 Å². The number of ether oxygens (including phenoxy) is 3. The van der Waals surface area contributed by atoms with Crippen LogP contribution in [0.15, 0.2) is 17.7 Å². The lowest BCUT2D eigenvalue weighted by atomic mass is 9.47. The van der Waals surface area contributed by atoms with Gasteiger partial charge in [0.1, 0.15) is 11.4 Å². The third-order valence-electron chi connectivity index (χ3n) is 7.48. The molecule has 26 heavy (non-hydrogen) atoms. The number of fused-ring (bicyclic) bond motifs is 4. The van der Waals surface area contributed by atoms with Crippen molar-refractivity contribution in [3.05, 3.63) is 23.3 Å². The van der Waals surface area contributed by atoms with Crippen LogP contribution in [-0.2, 0) is 0 Å². The summed E-state index contributed by atoms with van der Waals surface area (Å²) >= 11 is 0. The molecule has 0 radical (unpaired) electrons. The van der Waals surface area contributed by atoms with Crippen LogP contribution in [0.25, 0.3) is 6.08 Å². The fourth-order valence-electron chi connectivity index (χ4n) is 6.21. The standard InChI is InChI=1S/C23H32O3/c1-21(2)9-7-10-22(3)19(21)8-11-23(4)20(22)13-15-12-17(24-5)18(25-6)14-16(15)26-23/h12-14,19H,7-11H2,1-6H3/t19-,22-,23-/m0/s1. The van der Waals surface area contributed by atoms with E-state index in [1.807, 2.05) is 6.07 Å². The highest BCUT2D eigenvalue weighted by atomic mass is 16.5. The Labute approximate surface area is 157 Å². The van der Waals surface area contributed by atoms with E-state index in [4.69, 9.17) is 14.2 Å². The van der Waals surface area contributed by atoms with Crippen LogP contribution in [0.4, 0.5) is 0 Å². The number of benzene rings is 1. The lowest BCUT2D eigenvalue weighted by molar-refractivity contribution is -0.0516. The number of hydrogen-bond acceptors (Lipinski definition) is 3. The van der Waals surface area contributed by atoms with Crippen LogP contribution in [0.1, 0.15) is 65.4 Å². The first-order valence-corrected chi connectivity index (χ1v) is 9.91. The van der Waals surface area contributed by atoms with Gasteiger partial charge in [-0.3, -0.25) is 0 Å². The summed E-state index contributed by atoms with van der Waals surface area (Å²) in [7, 11) is 3.36. The molecule has 1 aliphatic heterocycles. The van der Waals surface area contributed by atoms with E-state index in [0.717, 1.165) is 29.2 Å². The van der Waals surface area contributed by atoms with Crippen LogP contribution in [0.5, 0.6) is 17.2 Å². The van der Waals surface area contributed by atoms with Gasteiger partial charge in [-0.15, -0.1) is 0 Å². The second-order valence-electron chi connectivity index (χ2n) is 9.49. The van der Waals surface area contributed by atoms with Gasteiger partial charge in [-0.25, -0.2) is 0 Å². The van der Waals surface area contributed by atoms with Crippen molar-refractivity contribution in [1.29, 1.82) is 0 Å². The highest BCUT2D eigenvalue weighted by Gasteiger charge is 2.57. The van der Waals surface area contributed by atoms with E-state index in [1.165, 1.54) is 31.3 Å². The summed E-state index contributed by atoms with van der Waals surface area (Å²) in [6, 6.07) is 4.04. The van der Waals surface area contributed by atoms with E-state index < -0.39 is 0 Å². The van der Waals surface area contributed by atoms with Gasteiger partial charge >= 0.3 is 0 Å². The van der Waals surface area contributed by atoms with Gasteiger partial charge in [0.2, 0.25) is 0 Å². The average Bonchev–Trinajstić information content (AvgIpc) is 2.58. The maximum absolute atomic E-state index is 6.64. The zero-order valence-electron chi connectivity index (χ0n) is 17.1. The largest absolute Gasteiger partial charge is 0.493 e. The average molecular weight is 357 g/mol. The molecule has 2 saturated carbocycles. The molecule has 0 saturated heterocycles. The minimum atomic E-state index is -0.217. The van der Waals surface area contributed by atoms with Gasteiger partial charge in [-0.1, -0.05) is 27.2 Å². The molecule has 142 valence electrons. The number of methoxy groups -OCH3 is 2. The van der Waals surface area contributed by atoms with Gasteiger partial charge in [-0.05, 0) is 67.1 Å². The summed E-state index contributed by atoms with van der Waals surface area (Å²) in [5, 5.41) is 0. The molecule has 3 nitrogen and oxygen atoms in total. The summed E-state index contributed by atoms with van der Waals surface area (Å²) in [5.41, 5.74) is 2.98. The summed E-state index contributed by atoms with van der Waals surface area (Å²) in [5.74, 6) is 3.11. The lowest BCUT2D eigenvalue weighted by Gasteiger charge is -2.60. The van der Waals surface area contributed by atoms with E-state index in [9.17, 15) is 0 Å². The third-order valence-corrected chi connectivity index (χ3v) is 7.48. The van der Waals surface area contributed by atoms with Crippen molar-refractivity contribution in [3.8, 4) is 17.2 Å². The predicted molar refractivity (Wildman–Crippen MR) is 105 cm³/mol.